The molecular weight excluding hydrogens is 420 g/mol. The van der Waals surface area contributed by atoms with Gasteiger partial charge in [0.25, 0.3) is 0 Å². The van der Waals surface area contributed by atoms with E-state index in [4.69, 9.17) is 11.6 Å². The molecule has 164 valence electrons. The third-order valence-electron chi connectivity index (χ3n) is 5.01. The van der Waals surface area contributed by atoms with Gasteiger partial charge in [0, 0.05) is 36.0 Å². The van der Waals surface area contributed by atoms with Crippen molar-refractivity contribution in [1.29, 1.82) is 0 Å². The van der Waals surface area contributed by atoms with E-state index >= 15 is 0 Å². The molecule has 0 spiro atoms. The molecule has 1 heterocycles. The van der Waals surface area contributed by atoms with Gasteiger partial charge in [-0.15, -0.1) is 10.2 Å². The largest absolute Gasteiger partial charge is 0.339 e. The van der Waals surface area contributed by atoms with Crippen molar-refractivity contribution in [1.82, 2.24) is 15.1 Å². The number of nitrogens with one attached hydrogen (secondary N) is 1. The molecule has 1 aromatic heterocycles. The van der Waals surface area contributed by atoms with Gasteiger partial charge in [-0.1, -0.05) is 68.2 Å². The lowest BCUT2D eigenvalue weighted by Gasteiger charge is -2.28. The van der Waals surface area contributed by atoms with Gasteiger partial charge in [-0.05, 0) is 31.9 Å². The van der Waals surface area contributed by atoms with Crippen molar-refractivity contribution in [3.05, 3.63) is 29.3 Å². The fourth-order valence-corrected chi connectivity index (χ4v) is 4.02. The Balaban J connectivity index is 1.88. The number of anilines is 1. The Labute approximate surface area is 188 Å². The minimum atomic E-state index is -0.170. The summed E-state index contributed by atoms with van der Waals surface area (Å²) in [5.74, 6) is -0.0386. The van der Waals surface area contributed by atoms with Gasteiger partial charge in [0.05, 0.1) is 0 Å². The zero-order valence-electron chi connectivity index (χ0n) is 18.0. The monoisotopic (exact) mass is 450 g/mol. The fraction of sp³-hybridized carbons (Fsp3) is 0.545. The van der Waals surface area contributed by atoms with Crippen molar-refractivity contribution in [2.24, 2.45) is 0 Å². The molecule has 0 aliphatic carbocycles. The van der Waals surface area contributed by atoms with Crippen LogP contribution in [0.2, 0.25) is 5.02 Å². The van der Waals surface area contributed by atoms with Crippen LogP contribution in [0.5, 0.6) is 0 Å². The summed E-state index contributed by atoms with van der Waals surface area (Å²) in [6, 6.07) is 7.47. The highest BCUT2D eigenvalue weighted by atomic mass is 35.5. The second-order valence-electron chi connectivity index (χ2n) is 7.38. The van der Waals surface area contributed by atoms with Gasteiger partial charge >= 0.3 is 0 Å². The van der Waals surface area contributed by atoms with E-state index in [0.29, 0.717) is 28.1 Å². The minimum Gasteiger partial charge on any atom is -0.339 e. The molecule has 0 saturated heterocycles. The third-order valence-corrected chi connectivity index (χ3v) is 6.13. The average molecular weight is 451 g/mol. The highest BCUT2D eigenvalue weighted by Gasteiger charge is 2.20. The van der Waals surface area contributed by atoms with E-state index in [1.165, 1.54) is 11.3 Å². The molecular formula is C22H31ClN4O2S. The molecule has 0 bridgehead atoms. The van der Waals surface area contributed by atoms with Gasteiger partial charge in [-0.3, -0.25) is 9.59 Å². The molecule has 1 N–H and O–H groups in total. The summed E-state index contributed by atoms with van der Waals surface area (Å²) < 4.78 is 0. The van der Waals surface area contributed by atoms with Crippen LogP contribution in [0, 0.1) is 0 Å². The van der Waals surface area contributed by atoms with Crippen molar-refractivity contribution in [2.45, 2.75) is 71.8 Å². The van der Waals surface area contributed by atoms with Crippen LogP contribution < -0.4 is 5.32 Å². The van der Waals surface area contributed by atoms with Crippen LogP contribution in [0.25, 0.3) is 10.6 Å². The average Bonchev–Trinajstić information content (AvgIpc) is 3.19. The number of carbonyl (C=O) groups excluding carboxylic acids is 2. The van der Waals surface area contributed by atoms with Gasteiger partial charge in [-0.25, -0.2) is 0 Å². The first kappa shape index (κ1) is 24.3. The smallest absolute Gasteiger partial charge is 0.227 e. The van der Waals surface area contributed by atoms with Gasteiger partial charge in [0.1, 0.15) is 5.01 Å². The summed E-state index contributed by atoms with van der Waals surface area (Å²) in [5, 5.41) is 12.7. The fourth-order valence-electron chi connectivity index (χ4n) is 3.07. The molecule has 30 heavy (non-hydrogen) atoms. The molecule has 1 atom stereocenters. The second kappa shape index (κ2) is 12.6. The molecule has 2 aromatic rings. The molecule has 0 radical (unpaired) electrons. The quantitative estimate of drug-likeness (QED) is 0.415. The number of benzene rings is 1. The van der Waals surface area contributed by atoms with Crippen LogP contribution in [-0.4, -0.2) is 39.5 Å². The van der Waals surface area contributed by atoms with Crippen LogP contribution in [0.15, 0.2) is 24.3 Å². The van der Waals surface area contributed by atoms with Crippen molar-refractivity contribution in [3.63, 3.8) is 0 Å². The topological polar surface area (TPSA) is 75.2 Å². The minimum absolute atomic E-state index is 0.118. The Morgan fingerprint density at radius 2 is 1.97 bits per heavy atom. The first-order valence-electron chi connectivity index (χ1n) is 10.6. The standard InChI is InChI=1S/C22H31ClN4O2S/c1-4-6-7-8-12-20(29)27(16(3)5-2)14-13-19(28)24-22-26-25-21(30-22)17-10-9-11-18(23)15-17/h9-11,15-16H,4-8,12-14H2,1-3H3,(H,24,26,28)/t16-/m0/s1. The predicted molar refractivity (Wildman–Crippen MR) is 124 cm³/mol. The molecule has 2 amide bonds. The third kappa shape index (κ3) is 7.69. The number of amides is 2. The van der Waals surface area contributed by atoms with E-state index < -0.39 is 0 Å². The maximum absolute atomic E-state index is 12.6. The first-order chi connectivity index (χ1) is 14.4. The van der Waals surface area contributed by atoms with E-state index in [9.17, 15) is 9.59 Å². The lowest BCUT2D eigenvalue weighted by Crippen LogP contribution is -2.40. The molecule has 1 aromatic carbocycles. The second-order valence-corrected chi connectivity index (χ2v) is 8.79. The van der Waals surface area contributed by atoms with Crippen molar-refractivity contribution < 1.29 is 9.59 Å². The van der Waals surface area contributed by atoms with Crippen LogP contribution in [-0.2, 0) is 9.59 Å². The summed E-state index contributed by atoms with van der Waals surface area (Å²) >= 11 is 7.32. The van der Waals surface area contributed by atoms with Crippen molar-refractivity contribution in [2.75, 3.05) is 11.9 Å². The zero-order valence-corrected chi connectivity index (χ0v) is 19.6. The predicted octanol–water partition coefficient (Wildman–Crippen LogP) is 5.78. The number of nitrogens with zero attached hydrogens (tertiary/aromatic N) is 3. The van der Waals surface area contributed by atoms with Gasteiger partial charge in [-0.2, -0.15) is 0 Å². The molecule has 6 nitrogen and oxygen atoms in total. The number of halogens is 1. The molecule has 0 aliphatic heterocycles. The maximum Gasteiger partial charge on any atom is 0.227 e. The van der Waals surface area contributed by atoms with Crippen LogP contribution in [0.4, 0.5) is 5.13 Å². The summed E-state index contributed by atoms with van der Waals surface area (Å²) in [4.78, 5) is 26.9. The Hall–Kier alpha value is -1.99. The molecule has 0 fully saturated rings. The Kier molecular flexibility index (Phi) is 10.2. The number of carbonyl (C=O) groups is 2. The highest BCUT2D eigenvalue weighted by molar-refractivity contribution is 7.18. The van der Waals surface area contributed by atoms with Gasteiger partial charge in [0.15, 0.2) is 0 Å². The molecule has 0 unspecified atom stereocenters. The van der Waals surface area contributed by atoms with Crippen LogP contribution >= 0.6 is 22.9 Å². The van der Waals surface area contributed by atoms with Crippen LogP contribution in [0.1, 0.15) is 65.7 Å². The van der Waals surface area contributed by atoms with E-state index in [-0.39, 0.29) is 24.3 Å². The Morgan fingerprint density at radius 3 is 2.67 bits per heavy atom. The van der Waals surface area contributed by atoms with E-state index in [1.807, 2.05) is 30.0 Å². The number of rotatable bonds is 12. The lowest BCUT2D eigenvalue weighted by molar-refractivity contribution is -0.133. The molecule has 2 rings (SSSR count). The van der Waals surface area contributed by atoms with Gasteiger partial charge < -0.3 is 10.2 Å². The summed E-state index contributed by atoms with van der Waals surface area (Å²) in [6.45, 7) is 6.65. The SMILES string of the molecule is CCCCCCC(=O)N(CCC(=O)Nc1nnc(-c2cccc(Cl)c2)s1)[C@@H](C)CC. The normalized spacial score (nSPS) is 11.9. The molecule has 0 saturated carbocycles. The van der Waals surface area contributed by atoms with E-state index in [1.54, 1.807) is 6.07 Å². The number of hydrogen-bond acceptors (Lipinski definition) is 5. The summed E-state index contributed by atoms with van der Waals surface area (Å²) in [6.07, 6.45) is 5.92. The number of aromatic nitrogens is 2. The Bertz CT molecular complexity index is 827. The van der Waals surface area contributed by atoms with Crippen molar-refractivity contribution in [3.8, 4) is 10.6 Å². The summed E-state index contributed by atoms with van der Waals surface area (Å²) in [7, 11) is 0. The van der Waals surface area contributed by atoms with Crippen LogP contribution in [0.3, 0.4) is 0 Å². The maximum atomic E-state index is 12.6. The van der Waals surface area contributed by atoms with E-state index in [2.05, 4.69) is 29.4 Å². The number of unbranched alkanes of at least 4 members (excludes halogenated alkanes) is 3. The molecule has 8 heteroatoms. The van der Waals surface area contributed by atoms with Crippen molar-refractivity contribution >= 4 is 39.9 Å². The summed E-state index contributed by atoms with van der Waals surface area (Å²) in [5.41, 5.74) is 0.858. The Morgan fingerprint density at radius 1 is 1.17 bits per heavy atom. The lowest BCUT2D eigenvalue weighted by atomic mass is 10.1. The zero-order chi connectivity index (χ0) is 21.9. The van der Waals surface area contributed by atoms with E-state index in [0.717, 1.165) is 37.7 Å². The highest BCUT2D eigenvalue weighted by Crippen LogP contribution is 2.28. The molecule has 0 aliphatic rings. The first-order valence-corrected chi connectivity index (χ1v) is 11.8. The van der Waals surface area contributed by atoms with Gasteiger partial charge in [0.2, 0.25) is 16.9 Å². The number of hydrogen-bond donors (Lipinski definition) is 1.